The van der Waals surface area contributed by atoms with E-state index in [1.165, 1.54) is 31.4 Å². The topological polar surface area (TPSA) is 39.7 Å². The van der Waals surface area contributed by atoms with Gasteiger partial charge in [-0.25, -0.2) is 0 Å². The molecule has 0 amide bonds. The molecule has 2 N–H and O–H groups in total. The SMILES string of the molecule is I.c1ccc(CN2CCCCC2CNC2=NCCCN2)cc1. The van der Waals surface area contributed by atoms with E-state index < -0.39 is 0 Å². The van der Waals surface area contributed by atoms with Crippen LogP contribution >= 0.6 is 24.0 Å². The van der Waals surface area contributed by atoms with Crippen LogP contribution in [0.2, 0.25) is 0 Å². The van der Waals surface area contributed by atoms with Crippen LogP contribution in [0.5, 0.6) is 0 Å². The Hall–Kier alpha value is -0.820. The van der Waals surface area contributed by atoms with E-state index in [1.54, 1.807) is 0 Å². The number of guanidine groups is 1. The molecule has 1 atom stereocenters. The van der Waals surface area contributed by atoms with Crippen LogP contribution < -0.4 is 10.6 Å². The number of aliphatic imine (C=N–C) groups is 1. The minimum Gasteiger partial charge on any atom is -0.356 e. The molecule has 0 saturated carbocycles. The lowest BCUT2D eigenvalue weighted by atomic mass is 10.0. The molecule has 3 rings (SSSR count). The van der Waals surface area contributed by atoms with Crippen molar-refractivity contribution in [3.63, 3.8) is 0 Å². The summed E-state index contributed by atoms with van der Waals surface area (Å²) in [6, 6.07) is 11.4. The van der Waals surface area contributed by atoms with Crippen LogP contribution in [0.1, 0.15) is 31.2 Å². The van der Waals surface area contributed by atoms with Crippen LogP contribution in [0.3, 0.4) is 0 Å². The monoisotopic (exact) mass is 414 g/mol. The number of likely N-dealkylation sites (tertiary alicyclic amines) is 1. The number of nitrogens with zero attached hydrogens (tertiary/aromatic N) is 2. The van der Waals surface area contributed by atoms with E-state index >= 15 is 0 Å². The highest BCUT2D eigenvalue weighted by Gasteiger charge is 2.22. The molecule has 4 nitrogen and oxygen atoms in total. The molecule has 1 fully saturated rings. The molecule has 0 bridgehead atoms. The zero-order chi connectivity index (χ0) is 14.3. The van der Waals surface area contributed by atoms with Crippen LogP contribution in [-0.2, 0) is 6.54 Å². The molecular formula is C17H27IN4. The van der Waals surface area contributed by atoms with Gasteiger partial charge in [0.15, 0.2) is 5.96 Å². The maximum Gasteiger partial charge on any atom is 0.191 e. The lowest BCUT2D eigenvalue weighted by Crippen LogP contribution is -2.49. The van der Waals surface area contributed by atoms with Gasteiger partial charge in [-0.05, 0) is 31.4 Å². The Morgan fingerprint density at radius 3 is 2.82 bits per heavy atom. The summed E-state index contributed by atoms with van der Waals surface area (Å²) in [5, 5.41) is 6.85. The normalized spacial score (nSPS) is 22.2. The zero-order valence-corrected chi connectivity index (χ0v) is 15.5. The number of hydrogen-bond donors (Lipinski definition) is 2. The summed E-state index contributed by atoms with van der Waals surface area (Å²) >= 11 is 0. The van der Waals surface area contributed by atoms with Gasteiger partial charge in [0.2, 0.25) is 0 Å². The van der Waals surface area contributed by atoms with Gasteiger partial charge in [-0.3, -0.25) is 9.89 Å². The molecule has 0 spiro atoms. The molecular weight excluding hydrogens is 387 g/mol. The molecule has 22 heavy (non-hydrogen) atoms. The Bertz CT molecular complexity index is 463. The molecule has 2 aliphatic rings. The van der Waals surface area contributed by atoms with Crippen molar-refractivity contribution in [2.24, 2.45) is 4.99 Å². The van der Waals surface area contributed by atoms with Crippen molar-refractivity contribution in [2.75, 3.05) is 26.2 Å². The van der Waals surface area contributed by atoms with Crippen LogP contribution in [0, 0.1) is 0 Å². The summed E-state index contributed by atoms with van der Waals surface area (Å²) in [5.41, 5.74) is 1.41. The summed E-state index contributed by atoms with van der Waals surface area (Å²) in [7, 11) is 0. The van der Waals surface area contributed by atoms with E-state index in [0.29, 0.717) is 6.04 Å². The molecule has 1 unspecified atom stereocenters. The summed E-state index contributed by atoms with van der Waals surface area (Å²) < 4.78 is 0. The first-order valence-corrected chi connectivity index (χ1v) is 8.22. The Morgan fingerprint density at radius 2 is 2.05 bits per heavy atom. The zero-order valence-electron chi connectivity index (χ0n) is 13.1. The van der Waals surface area contributed by atoms with E-state index in [1.807, 2.05) is 0 Å². The maximum absolute atomic E-state index is 4.50. The van der Waals surface area contributed by atoms with Crippen LogP contribution in [0.25, 0.3) is 0 Å². The number of benzene rings is 1. The first-order valence-electron chi connectivity index (χ1n) is 8.22. The van der Waals surface area contributed by atoms with Crippen molar-refractivity contribution in [3.05, 3.63) is 35.9 Å². The van der Waals surface area contributed by atoms with E-state index in [4.69, 9.17) is 0 Å². The number of hydrogen-bond acceptors (Lipinski definition) is 4. The minimum atomic E-state index is 0. The Kier molecular flexibility index (Phi) is 7.45. The average molecular weight is 414 g/mol. The Balaban J connectivity index is 0.00000176. The largest absolute Gasteiger partial charge is 0.356 e. The van der Waals surface area contributed by atoms with Crippen molar-refractivity contribution >= 4 is 29.9 Å². The van der Waals surface area contributed by atoms with Gasteiger partial charge in [0.25, 0.3) is 0 Å². The van der Waals surface area contributed by atoms with Gasteiger partial charge >= 0.3 is 0 Å². The van der Waals surface area contributed by atoms with Crippen molar-refractivity contribution in [1.82, 2.24) is 15.5 Å². The number of nitrogens with one attached hydrogen (secondary N) is 2. The number of rotatable bonds is 4. The number of halogens is 1. The summed E-state index contributed by atoms with van der Waals surface area (Å²) in [4.78, 5) is 7.12. The highest BCUT2D eigenvalue weighted by atomic mass is 127. The smallest absolute Gasteiger partial charge is 0.191 e. The third-order valence-corrected chi connectivity index (χ3v) is 4.38. The predicted octanol–water partition coefficient (Wildman–Crippen LogP) is 2.60. The molecule has 2 aliphatic heterocycles. The highest BCUT2D eigenvalue weighted by Crippen LogP contribution is 2.19. The van der Waals surface area contributed by atoms with Gasteiger partial charge in [0, 0.05) is 32.2 Å². The number of piperidine rings is 1. The molecule has 122 valence electrons. The molecule has 1 aromatic rings. The van der Waals surface area contributed by atoms with Gasteiger partial charge in [0.1, 0.15) is 0 Å². The van der Waals surface area contributed by atoms with Crippen molar-refractivity contribution in [1.29, 1.82) is 0 Å². The maximum atomic E-state index is 4.50. The van der Waals surface area contributed by atoms with Gasteiger partial charge in [-0.2, -0.15) is 0 Å². The van der Waals surface area contributed by atoms with Crippen molar-refractivity contribution in [2.45, 2.75) is 38.3 Å². The summed E-state index contributed by atoms with van der Waals surface area (Å²) in [6.07, 6.45) is 5.10. The predicted molar refractivity (Wildman–Crippen MR) is 103 cm³/mol. The lowest BCUT2D eigenvalue weighted by molar-refractivity contribution is 0.141. The molecule has 5 heteroatoms. The fourth-order valence-corrected chi connectivity index (χ4v) is 3.18. The fraction of sp³-hybridized carbons (Fsp3) is 0.588. The molecule has 0 aromatic heterocycles. The molecule has 0 radical (unpaired) electrons. The minimum absolute atomic E-state index is 0. The van der Waals surface area contributed by atoms with Gasteiger partial charge in [-0.15, -0.1) is 24.0 Å². The van der Waals surface area contributed by atoms with Crippen molar-refractivity contribution in [3.8, 4) is 0 Å². The molecule has 0 aliphatic carbocycles. The molecule has 2 heterocycles. The second kappa shape index (κ2) is 9.35. The van der Waals surface area contributed by atoms with E-state index in [2.05, 4.69) is 50.9 Å². The van der Waals surface area contributed by atoms with Gasteiger partial charge < -0.3 is 10.6 Å². The third-order valence-electron chi connectivity index (χ3n) is 4.38. The second-order valence-corrected chi connectivity index (χ2v) is 6.00. The molecule has 1 saturated heterocycles. The standard InChI is InChI=1S/C17H26N4.HI/c1-2-7-15(8-3-1)14-21-12-5-4-9-16(21)13-20-17-18-10-6-11-19-17;/h1-3,7-8,16H,4-6,9-14H2,(H2,18,19,20);1H. The van der Waals surface area contributed by atoms with Gasteiger partial charge in [0.05, 0.1) is 0 Å². The van der Waals surface area contributed by atoms with Crippen LogP contribution in [0.15, 0.2) is 35.3 Å². The van der Waals surface area contributed by atoms with E-state index in [0.717, 1.165) is 38.6 Å². The van der Waals surface area contributed by atoms with Crippen LogP contribution in [-0.4, -0.2) is 43.1 Å². The van der Waals surface area contributed by atoms with Crippen molar-refractivity contribution < 1.29 is 0 Å². The fourth-order valence-electron chi connectivity index (χ4n) is 3.18. The second-order valence-electron chi connectivity index (χ2n) is 6.00. The quantitative estimate of drug-likeness (QED) is 0.745. The third kappa shape index (κ3) is 5.12. The van der Waals surface area contributed by atoms with Gasteiger partial charge in [-0.1, -0.05) is 36.8 Å². The van der Waals surface area contributed by atoms with E-state index in [9.17, 15) is 0 Å². The first kappa shape index (κ1) is 17.5. The molecule has 1 aromatic carbocycles. The lowest BCUT2D eigenvalue weighted by Gasteiger charge is -2.36. The Morgan fingerprint density at radius 1 is 1.18 bits per heavy atom. The summed E-state index contributed by atoms with van der Waals surface area (Å²) in [6.45, 7) is 5.27. The van der Waals surface area contributed by atoms with Crippen LogP contribution in [0.4, 0.5) is 0 Å². The van der Waals surface area contributed by atoms with E-state index in [-0.39, 0.29) is 24.0 Å². The highest BCUT2D eigenvalue weighted by molar-refractivity contribution is 14.0. The summed E-state index contributed by atoms with van der Waals surface area (Å²) in [5.74, 6) is 0.992. The average Bonchev–Trinajstić information content (AvgIpc) is 2.56. The first-order chi connectivity index (χ1) is 10.4. The Labute approximate surface area is 150 Å².